The summed E-state index contributed by atoms with van der Waals surface area (Å²) in [6.45, 7) is 7.89. The van der Waals surface area contributed by atoms with Gasteiger partial charge in [0.2, 0.25) is 0 Å². The van der Waals surface area contributed by atoms with Gasteiger partial charge >= 0.3 is 0 Å². The molecule has 0 bridgehead atoms. The van der Waals surface area contributed by atoms with Gasteiger partial charge in [-0.05, 0) is 30.5 Å². The SMILES string of the molecule is CCC1COCCN1Cc1ccc(C(=N)N)cc1C. The van der Waals surface area contributed by atoms with Crippen molar-refractivity contribution >= 4 is 5.84 Å². The van der Waals surface area contributed by atoms with Crippen LogP contribution < -0.4 is 5.73 Å². The van der Waals surface area contributed by atoms with E-state index in [9.17, 15) is 0 Å². The van der Waals surface area contributed by atoms with Gasteiger partial charge in [0.05, 0.1) is 13.2 Å². The summed E-state index contributed by atoms with van der Waals surface area (Å²) >= 11 is 0. The van der Waals surface area contributed by atoms with Crippen LogP contribution >= 0.6 is 0 Å². The maximum atomic E-state index is 7.47. The van der Waals surface area contributed by atoms with E-state index >= 15 is 0 Å². The summed E-state index contributed by atoms with van der Waals surface area (Å²) in [7, 11) is 0. The molecule has 1 atom stereocenters. The van der Waals surface area contributed by atoms with E-state index in [0.29, 0.717) is 6.04 Å². The second-order valence-corrected chi connectivity index (χ2v) is 5.16. The number of ether oxygens (including phenoxy) is 1. The van der Waals surface area contributed by atoms with Crippen LogP contribution in [0.4, 0.5) is 0 Å². The van der Waals surface area contributed by atoms with E-state index in [1.165, 1.54) is 11.1 Å². The Morgan fingerprint density at radius 3 is 2.95 bits per heavy atom. The number of rotatable bonds is 4. The monoisotopic (exact) mass is 261 g/mol. The van der Waals surface area contributed by atoms with Crippen LogP contribution in [0.25, 0.3) is 0 Å². The van der Waals surface area contributed by atoms with Crippen LogP contribution in [0.15, 0.2) is 18.2 Å². The lowest BCUT2D eigenvalue weighted by atomic mass is 10.0. The van der Waals surface area contributed by atoms with E-state index in [2.05, 4.69) is 24.8 Å². The molecule has 1 aliphatic rings. The summed E-state index contributed by atoms with van der Waals surface area (Å²) in [5.41, 5.74) is 8.83. The maximum Gasteiger partial charge on any atom is 0.122 e. The molecular weight excluding hydrogens is 238 g/mol. The molecule has 1 aromatic carbocycles. The number of hydrogen-bond donors (Lipinski definition) is 2. The quantitative estimate of drug-likeness (QED) is 0.642. The lowest BCUT2D eigenvalue weighted by Gasteiger charge is -2.35. The lowest BCUT2D eigenvalue weighted by molar-refractivity contribution is -0.0128. The fraction of sp³-hybridized carbons (Fsp3) is 0.533. The molecule has 104 valence electrons. The largest absolute Gasteiger partial charge is 0.384 e. The third kappa shape index (κ3) is 3.33. The van der Waals surface area contributed by atoms with Crippen molar-refractivity contribution in [2.45, 2.75) is 32.9 Å². The van der Waals surface area contributed by atoms with Gasteiger partial charge in [-0.2, -0.15) is 0 Å². The molecule has 0 aliphatic carbocycles. The standard InChI is InChI=1S/C15H23N3O/c1-3-14-10-19-7-6-18(14)9-13-5-4-12(15(16)17)8-11(13)2/h4-5,8,14H,3,6-7,9-10H2,1-2H3,(H3,16,17). The predicted octanol–water partition coefficient (Wildman–Crippen LogP) is 1.89. The number of nitrogens with two attached hydrogens (primary N) is 1. The number of hydrogen-bond acceptors (Lipinski definition) is 3. The average molecular weight is 261 g/mol. The highest BCUT2D eigenvalue weighted by Gasteiger charge is 2.21. The molecular formula is C15H23N3O. The van der Waals surface area contributed by atoms with E-state index in [4.69, 9.17) is 15.9 Å². The second kappa shape index (κ2) is 6.17. The predicted molar refractivity (Wildman–Crippen MR) is 77.5 cm³/mol. The zero-order chi connectivity index (χ0) is 13.8. The highest BCUT2D eigenvalue weighted by molar-refractivity contribution is 5.95. The Hall–Kier alpha value is -1.39. The van der Waals surface area contributed by atoms with Crippen molar-refractivity contribution in [3.8, 4) is 0 Å². The Morgan fingerprint density at radius 2 is 2.32 bits per heavy atom. The minimum absolute atomic E-state index is 0.132. The van der Waals surface area contributed by atoms with Crippen LogP contribution in [0.1, 0.15) is 30.0 Å². The molecule has 0 radical (unpaired) electrons. The minimum Gasteiger partial charge on any atom is -0.384 e. The Morgan fingerprint density at radius 1 is 1.53 bits per heavy atom. The van der Waals surface area contributed by atoms with Crippen molar-refractivity contribution in [1.29, 1.82) is 5.41 Å². The van der Waals surface area contributed by atoms with E-state index < -0.39 is 0 Å². The summed E-state index contributed by atoms with van der Waals surface area (Å²) in [5.74, 6) is 0.132. The Kier molecular flexibility index (Phi) is 4.56. The van der Waals surface area contributed by atoms with E-state index in [1.54, 1.807) is 0 Å². The molecule has 0 aromatic heterocycles. The zero-order valence-corrected chi connectivity index (χ0v) is 11.8. The number of nitrogens with zero attached hydrogens (tertiary/aromatic N) is 1. The molecule has 4 nitrogen and oxygen atoms in total. The van der Waals surface area contributed by atoms with Gasteiger partial charge in [0.1, 0.15) is 5.84 Å². The molecule has 19 heavy (non-hydrogen) atoms. The highest BCUT2D eigenvalue weighted by Crippen LogP contribution is 2.18. The Labute approximate surface area is 115 Å². The molecule has 0 spiro atoms. The molecule has 1 aliphatic heterocycles. The summed E-state index contributed by atoms with van der Waals surface area (Å²) in [6, 6.07) is 6.54. The third-order valence-corrected chi connectivity index (χ3v) is 3.85. The number of amidine groups is 1. The van der Waals surface area contributed by atoms with Crippen molar-refractivity contribution in [2.75, 3.05) is 19.8 Å². The molecule has 1 heterocycles. The fourth-order valence-corrected chi connectivity index (χ4v) is 2.53. The highest BCUT2D eigenvalue weighted by atomic mass is 16.5. The van der Waals surface area contributed by atoms with Gasteiger partial charge in [-0.3, -0.25) is 10.3 Å². The van der Waals surface area contributed by atoms with Crippen LogP contribution in [0.3, 0.4) is 0 Å². The number of nitrogen functional groups attached to an aromatic ring is 1. The fourth-order valence-electron chi connectivity index (χ4n) is 2.53. The number of benzene rings is 1. The first-order valence-electron chi connectivity index (χ1n) is 6.87. The van der Waals surface area contributed by atoms with Crippen LogP contribution in [-0.2, 0) is 11.3 Å². The van der Waals surface area contributed by atoms with Crippen LogP contribution in [-0.4, -0.2) is 36.5 Å². The van der Waals surface area contributed by atoms with Crippen molar-refractivity contribution < 1.29 is 4.74 Å². The Balaban J connectivity index is 2.11. The molecule has 0 saturated carbocycles. The van der Waals surface area contributed by atoms with Crippen LogP contribution in [0.2, 0.25) is 0 Å². The van der Waals surface area contributed by atoms with Crippen LogP contribution in [0.5, 0.6) is 0 Å². The summed E-state index contributed by atoms with van der Waals surface area (Å²) < 4.78 is 5.54. The molecule has 1 unspecified atom stereocenters. The van der Waals surface area contributed by atoms with Gasteiger partial charge in [0.25, 0.3) is 0 Å². The minimum atomic E-state index is 0.132. The zero-order valence-electron chi connectivity index (χ0n) is 11.8. The van der Waals surface area contributed by atoms with Crippen LogP contribution in [0, 0.1) is 12.3 Å². The van der Waals surface area contributed by atoms with Gasteiger partial charge in [-0.1, -0.05) is 19.1 Å². The van der Waals surface area contributed by atoms with Gasteiger partial charge in [0, 0.05) is 24.7 Å². The first kappa shape index (κ1) is 14.0. The normalized spacial score (nSPS) is 20.4. The van der Waals surface area contributed by atoms with Crippen molar-refractivity contribution in [2.24, 2.45) is 5.73 Å². The molecule has 3 N–H and O–H groups in total. The number of aryl methyl sites for hydroxylation is 1. The molecule has 1 aromatic rings. The maximum absolute atomic E-state index is 7.47. The topological polar surface area (TPSA) is 62.3 Å². The van der Waals surface area contributed by atoms with Gasteiger partial charge in [-0.15, -0.1) is 0 Å². The molecule has 4 heteroatoms. The number of morpholine rings is 1. The van der Waals surface area contributed by atoms with Gasteiger partial charge in [0.15, 0.2) is 0 Å². The lowest BCUT2D eigenvalue weighted by Crippen LogP contribution is -2.44. The summed E-state index contributed by atoms with van der Waals surface area (Å²) in [6.07, 6.45) is 1.12. The summed E-state index contributed by atoms with van der Waals surface area (Å²) in [5, 5.41) is 7.47. The molecule has 2 rings (SSSR count). The third-order valence-electron chi connectivity index (χ3n) is 3.85. The molecule has 0 amide bonds. The molecule has 1 fully saturated rings. The first-order valence-corrected chi connectivity index (χ1v) is 6.87. The Bertz CT molecular complexity index is 459. The van der Waals surface area contributed by atoms with Crippen molar-refractivity contribution in [3.05, 3.63) is 34.9 Å². The first-order chi connectivity index (χ1) is 9.11. The smallest absolute Gasteiger partial charge is 0.122 e. The van der Waals surface area contributed by atoms with Gasteiger partial charge < -0.3 is 10.5 Å². The molecule has 1 saturated heterocycles. The van der Waals surface area contributed by atoms with Crippen molar-refractivity contribution in [3.63, 3.8) is 0 Å². The second-order valence-electron chi connectivity index (χ2n) is 5.16. The van der Waals surface area contributed by atoms with E-state index in [1.807, 2.05) is 12.1 Å². The average Bonchev–Trinajstić information content (AvgIpc) is 2.41. The van der Waals surface area contributed by atoms with E-state index in [0.717, 1.165) is 38.3 Å². The van der Waals surface area contributed by atoms with E-state index in [-0.39, 0.29) is 5.84 Å². The summed E-state index contributed by atoms with van der Waals surface area (Å²) in [4.78, 5) is 2.49. The van der Waals surface area contributed by atoms with Gasteiger partial charge in [-0.25, -0.2) is 0 Å². The number of nitrogens with one attached hydrogen (secondary N) is 1. The van der Waals surface area contributed by atoms with Crippen molar-refractivity contribution in [1.82, 2.24) is 4.90 Å².